The smallest absolute Gasteiger partial charge is 0.211 e. The molecule has 0 aromatic heterocycles. The third kappa shape index (κ3) is 6.87. The summed E-state index contributed by atoms with van der Waals surface area (Å²) in [6.07, 6.45) is 0. The van der Waals surface area contributed by atoms with Crippen LogP contribution in [0, 0.1) is 11.3 Å². The molecular formula is C7H14N2O2S2. The van der Waals surface area contributed by atoms with Crippen molar-refractivity contribution < 1.29 is 8.42 Å². The van der Waals surface area contributed by atoms with Gasteiger partial charge in [0.2, 0.25) is 10.0 Å². The molecule has 1 N–H and O–H groups in total. The van der Waals surface area contributed by atoms with Gasteiger partial charge in [0.05, 0.1) is 6.07 Å². The first-order valence-electron chi connectivity index (χ1n) is 3.96. The topological polar surface area (TPSA) is 70.0 Å². The molecule has 6 heteroatoms. The van der Waals surface area contributed by atoms with Crippen LogP contribution in [0.1, 0.15) is 13.8 Å². The summed E-state index contributed by atoms with van der Waals surface area (Å²) in [6.45, 7) is 3.80. The van der Waals surface area contributed by atoms with E-state index in [0.717, 1.165) is 11.5 Å². The van der Waals surface area contributed by atoms with Crippen LogP contribution < -0.4 is 4.72 Å². The summed E-state index contributed by atoms with van der Waals surface area (Å²) < 4.78 is 24.5. The second kappa shape index (κ2) is 6.24. The monoisotopic (exact) mass is 222 g/mol. The van der Waals surface area contributed by atoms with E-state index in [4.69, 9.17) is 5.26 Å². The Morgan fingerprint density at radius 1 is 1.62 bits per heavy atom. The lowest BCUT2D eigenvalue weighted by molar-refractivity contribution is 0.574. The molecule has 76 valence electrons. The maximum atomic E-state index is 11.1. The lowest BCUT2D eigenvalue weighted by Crippen LogP contribution is -2.35. The SMILES string of the molecule is CCSCC(C)NS(=O)(=O)CC#N. The summed E-state index contributed by atoms with van der Waals surface area (Å²) in [7, 11) is -3.39. The van der Waals surface area contributed by atoms with Crippen molar-refractivity contribution >= 4 is 21.8 Å². The molecule has 0 heterocycles. The number of nitriles is 1. The van der Waals surface area contributed by atoms with Crippen LogP contribution in [-0.2, 0) is 10.0 Å². The maximum Gasteiger partial charge on any atom is 0.225 e. The van der Waals surface area contributed by atoms with Gasteiger partial charge in [-0.3, -0.25) is 0 Å². The number of thioether (sulfide) groups is 1. The van der Waals surface area contributed by atoms with E-state index in [9.17, 15) is 8.42 Å². The Morgan fingerprint density at radius 3 is 2.69 bits per heavy atom. The number of sulfonamides is 1. The molecule has 0 aliphatic heterocycles. The minimum Gasteiger partial charge on any atom is -0.211 e. The van der Waals surface area contributed by atoms with E-state index in [1.807, 2.05) is 6.92 Å². The zero-order valence-electron chi connectivity index (χ0n) is 7.78. The average Bonchev–Trinajstić information content (AvgIpc) is 1.99. The Labute approximate surface area is 83.8 Å². The molecule has 0 aromatic rings. The summed E-state index contributed by atoms with van der Waals surface area (Å²) in [4.78, 5) is 0. The molecule has 0 aliphatic rings. The van der Waals surface area contributed by atoms with Crippen LogP contribution in [0.3, 0.4) is 0 Å². The van der Waals surface area contributed by atoms with Gasteiger partial charge in [0.1, 0.15) is 0 Å². The minimum atomic E-state index is -3.39. The predicted molar refractivity (Wildman–Crippen MR) is 55.0 cm³/mol. The third-order valence-electron chi connectivity index (χ3n) is 1.21. The summed E-state index contributed by atoms with van der Waals surface area (Å²) in [6, 6.07) is 1.50. The van der Waals surface area contributed by atoms with E-state index in [-0.39, 0.29) is 6.04 Å². The molecule has 0 radical (unpaired) electrons. The number of hydrogen-bond donors (Lipinski definition) is 1. The largest absolute Gasteiger partial charge is 0.225 e. The van der Waals surface area contributed by atoms with E-state index in [1.54, 1.807) is 24.8 Å². The number of nitrogens with one attached hydrogen (secondary N) is 1. The molecule has 4 nitrogen and oxygen atoms in total. The zero-order chi connectivity index (χ0) is 10.3. The molecule has 0 amide bonds. The molecule has 0 rings (SSSR count). The van der Waals surface area contributed by atoms with Gasteiger partial charge in [-0.05, 0) is 12.7 Å². The highest BCUT2D eigenvalue weighted by Crippen LogP contribution is 2.02. The van der Waals surface area contributed by atoms with Gasteiger partial charge in [0.15, 0.2) is 5.75 Å². The Hall–Kier alpha value is -0.250. The third-order valence-corrected chi connectivity index (χ3v) is 3.62. The fraction of sp³-hybridized carbons (Fsp3) is 0.857. The average molecular weight is 222 g/mol. The van der Waals surface area contributed by atoms with E-state index >= 15 is 0 Å². The van der Waals surface area contributed by atoms with E-state index in [1.165, 1.54) is 0 Å². The molecule has 1 unspecified atom stereocenters. The highest BCUT2D eigenvalue weighted by molar-refractivity contribution is 7.99. The van der Waals surface area contributed by atoms with Crippen molar-refractivity contribution in [2.24, 2.45) is 0 Å². The van der Waals surface area contributed by atoms with Crippen LogP contribution in [0.4, 0.5) is 0 Å². The van der Waals surface area contributed by atoms with Crippen molar-refractivity contribution in [1.29, 1.82) is 5.26 Å². The Bertz CT molecular complexity index is 269. The van der Waals surface area contributed by atoms with Crippen LogP contribution in [0.25, 0.3) is 0 Å². The van der Waals surface area contributed by atoms with Crippen LogP contribution in [-0.4, -0.2) is 31.7 Å². The van der Waals surface area contributed by atoms with Crippen molar-refractivity contribution in [1.82, 2.24) is 4.72 Å². The van der Waals surface area contributed by atoms with E-state index in [2.05, 4.69) is 4.72 Å². The van der Waals surface area contributed by atoms with Crippen molar-refractivity contribution in [3.63, 3.8) is 0 Å². The zero-order valence-corrected chi connectivity index (χ0v) is 9.41. The van der Waals surface area contributed by atoms with Crippen molar-refractivity contribution in [2.75, 3.05) is 17.3 Å². The van der Waals surface area contributed by atoms with Gasteiger partial charge in [0, 0.05) is 11.8 Å². The highest BCUT2D eigenvalue weighted by Gasteiger charge is 2.13. The summed E-state index contributed by atoms with van der Waals surface area (Å²) in [5.74, 6) is 1.24. The van der Waals surface area contributed by atoms with Crippen molar-refractivity contribution in [3.8, 4) is 6.07 Å². The standard InChI is InChI=1S/C7H14N2O2S2/c1-3-12-6-7(2)9-13(10,11)5-4-8/h7,9H,3,5-6H2,1-2H3. The molecule has 13 heavy (non-hydrogen) atoms. The molecule has 0 saturated carbocycles. The minimum absolute atomic E-state index is 0.108. The Balaban J connectivity index is 3.91. The molecule has 0 aromatic carbocycles. The van der Waals surface area contributed by atoms with Gasteiger partial charge in [-0.1, -0.05) is 6.92 Å². The molecule has 1 atom stereocenters. The van der Waals surface area contributed by atoms with Gasteiger partial charge in [-0.2, -0.15) is 17.0 Å². The normalized spacial score (nSPS) is 13.6. The van der Waals surface area contributed by atoms with Gasteiger partial charge in [0.25, 0.3) is 0 Å². The number of rotatable bonds is 6. The van der Waals surface area contributed by atoms with Gasteiger partial charge < -0.3 is 0 Å². The molecule has 0 spiro atoms. The fourth-order valence-electron chi connectivity index (χ4n) is 0.762. The number of nitrogens with zero attached hydrogens (tertiary/aromatic N) is 1. The first kappa shape index (κ1) is 12.8. The molecular weight excluding hydrogens is 208 g/mol. The second-order valence-corrected chi connectivity index (χ2v) is 5.67. The van der Waals surface area contributed by atoms with Gasteiger partial charge in [-0.15, -0.1) is 0 Å². The Kier molecular flexibility index (Phi) is 6.12. The van der Waals surface area contributed by atoms with Crippen molar-refractivity contribution in [3.05, 3.63) is 0 Å². The maximum absolute atomic E-state index is 11.1. The molecule has 0 saturated heterocycles. The van der Waals surface area contributed by atoms with Crippen LogP contribution in [0.5, 0.6) is 0 Å². The van der Waals surface area contributed by atoms with Gasteiger partial charge >= 0.3 is 0 Å². The lowest BCUT2D eigenvalue weighted by atomic mass is 10.4. The van der Waals surface area contributed by atoms with Crippen LogP contribution in [0.15, 0.2) is 0 Å². The van der Waals surface area contributed by atoms with Crippen LogP contribution in [0.2, 0.25) is 0 Å². The highest BCUT2D eigenvalue weighted by atomic mass is 32.2. The summed E-state index contributed by atoms with van der Waals surface area (Å²) >= 11 is 1.67. The summed E-state index contributed by atoms with van der Waals surface area (Å²) in [5.41, 5.74) is 0. The fourth-order valence-corrected chi connectivity index (χ4v) is 2.49. The quantitative estimate of drug-likeness (QED) is 0.713. The molecule has 0 fully saturated rings. The first-order chi connectivity index (χ1) is 6.02. The molecule has 0 bridgehead atoms. The van der Waals surface area contributed by atoms with Crippen molar-refractivity contribution in [2.45, 2.75) is 19.9 Å². The summed E-state index contributed by atoms with van der Waals surface area (Å²) in [5, 5.41) is 8.22. The molecule has 0 aliphatic carbocycles. The Morgan fingerprint density at radius 2 is 2.23 bits per heavy atom. The van der Waals surface area contributed by atoms with Gasteiger partial charge in [-0.25, -0.2) is 13.1 Å². The van der Waals surface area contributed by atoms with Crippen LogP contribution >= 0.6 is 11.8 Å². The van der Waals surface area contributed by atoms with E-state index < -0.39 is 15.8 Å². The second-order valence-electron chi connectivity index (χ2n) is 2.60. The predicted octanol–water partition coefficient (Wildman–Crippen LogP) is 0.571. The van der Waals surface area contributed by atoms with E-state index in [0.29, 0.717) is 0 Å². The first-order valence-corrected chi connectivity index (χ1v) is 6.77. The lowest BCUT2D eigenvalue weighted by Gasteiger charge is -2.11. The number of hydrogen-bond acceptors (Lipinski definition) is 4.